The van der Waals surface area contributed by atoms with Crippen LogP contribution in [0.5, 0.6) is 0 Å². The maximum Gasteiger partial charge on any atom is 0.293 e. The van der Waals surface area contributed by atoms with Gasteiger partial charge in [-0.2, -0.15) is 0 Å². The van der Waals surface area contributed by atoms with Gasteiger partial charge in [-0.25, -0.2) is 13.4 Å². The number of nitrogens with zero attached hydrogens (tertiary/aromatic N) is 2. The molecule has 3 aromatic rings. The van der Waals surface area contributed by atoms with Gasteiger partial charge in [-0.1, -0.05) is 29.3 Å². The van der Waals surface area contributed by atoms with Crippen molar-refractivity contribution in [2.75, 3.05) is 5.32 Å². The van der Waals surface area contributed by atoms with E-state index in [1.165, 1.54) is 30.1 Å². The number of rotatable bonds is 4. The number of hydrogen-bond donors (Lipinski definition) is 1. The van der Waals surface area contributed by atoms with Crippen LogP contribution < -0.4 is 5.32 Å². The fourth-order valence-electron chi connectivity index (χ4n) is 2.71. The van der Waals surface area contributed by atoms with Crippen LogP contribution in [0.15, 0.2) is 61.6 Å². The van der Waals surface area contributed by atoms with E-state index in [1.807, 2.05) is 0 Å². The van der Waals surface area contributed by atoms with E-state index in [9.17, 15) is 13.2 Å². The number of sulfone groups is 1. The normalized spacial score (nSPS) is 14.4. The van der Waals surface area contributed by atoms with Gasteiger partial charge in [0, 0.05) is 23.5 Å². The number of oxazole rings is 1. The summed E-state index contributed by atoms with van der Waals surface area (Å²) >= 11 is 13.2. The number of anilines is 1. The Bertz CT molecular complexity index is 1270. The van der Waals surface area contributed by atoms with Gasteiger partial charge in [0.15, 0.2) is 0 Å². The maximum atomic E-state index is 12.5. The summed E-state index contributed by atoms with van der Waals surface area (Å²) < 4.78 is 29.8. The molecule has 0 bridgehead atoms. The highest BCUT2D eigenvalue weighted by Crippen LogP contribution is 2.38. The van der Waals surface area contributed by atoms with Crippen LogP contribution >= 0.6 is 35.0 Å². The summed E-state index contributed by atoms with van der Waals surface area (Å²) in [6, 6.07) is 4.69. The predicted octanol–water partition coefficient (Wildman–Crippen LogP) is 4.93. The Kier molecular flexibility index (Phi) is 5.16. The molecule has 148 valence electrons. The number of halogens is 2. The van der Waals surface area contributed by atoms with Gasteiger partial charge in [0.25, 0.3) is 11.1 Å². The SMILES string of the molecule is CC1=CS(=O)(=O)c2cc(NC(=O)c3cnc(Sc4c(Cl)cncc4Cl)o3)ccc21. The minimum atomic E-state index is -3.50. The third kappa shape index (κ3) is 3.91. The summed E-state index contributed by atoms with van der Waals surface area (Å²) in [6.07, 6.45) is 4.13. The number of carbonyl (C=O) groups is 1. The summed E-state index contributed by atoms with van der Waals surface area (Å²) in [5.74, 6) is -0.622. The van der Waals surface area contributed by atoms with Gasteiger partial charge in [0.1, 0.15) is 0 Å². The van der Waals surface area contributed by atoms with Crippen molar-refractivity contribution in [1.29, 1.82) is 0 Å². The second-order valence-corrected chi connectivity index (χ2v) is 9.58. The van der Waals surface area contributed by atoms with Gasteiger partial charge in [-0.15, -0.1) is 0 Å². The summed E-state index contributed by atoms with van der Waals surface area (Å²) in [5.41, 5.74) is 1.60. The molecule has 2 aromatic heterocycles. The van der Waals surface area contributed by atoms with Gasteiger partial charge in [-0.3, -0.25) is 9.78 Å². The molecule has 7 nitrogen and oxygen atoms in total. The van der Waals surface area contributed by atoms with Crippen molar-refractivity contribution in [3.05, 3.63) is 63.6 Å². The van der Waals surface area contributed by atoms with Crippen LogP contribution in [0, 0.1) is 0 Å². The number of carbonyl (C=O) groups excluding carboxylic acids is 1. The van der Waals surface area contributed by atoms with Crippen molar-refractivity contribution in [2.45, 2.75) is 21.9 Å². The molecule has 1 aliphatic rings. The zero-order chi connectivity index (χ0) is 20.8. The molecule has 0 unspecified atom stereocenters. The summed E-state index contributed by atoms with van der Waals surface area (Å²) in [5, 5.41) is 4.64. The van der Waals surface area contributed by atoms with Crippen molar-refractivity contribution in [1.82, 2.24) is 9.97 Å². The first-order valence-electron chi connectivity index (χ1n) is 8.06. The van der Waals surface area contributed by atoms with Gasteiger partial charge in [0.2, 0.25) is 15.6 Å². The van der Waals surface area contributed by atoms with Crippen molar-refractivity contribution < 1.29 is 17.6 Å². The van der Waals surface area contributed by atoms with Crippen LogP contribution in [0.4, 0.5) is 5.69 Å². The first-order valence-corrected chi connectivity index (χ1v) is 11.2. The Morgan fingerprint density at radius 1 is 1.17 bits per heavy atom. The minimum Gasteiger partial charge on any atom is -0.426 e. The third-order valence-electron chi connectivity index (χ3n) is 4.01. The molecule has 3 heterocycles. The molecule has 0 spiro atoms. The summed E-state index contributed by atoms with van der Waals surface area (Å²) in [7, 11) is -3.50. The van der Waals surface area contributed by atoms with Crippen LogP contribution in [-0.4, -0.2) is 24.3 Å². The molecule has 4 rings (SSSR count). The smallest absolute Gasteiger partial charge is 0.293 e. The van der Waals surface area contributed by atoms with Crippen LogP contribution in [0.2, 0.25) is 10.0 Å². The first-order chi connectivity index (χ1) is 13.7. The molecule has 0 radical (unpaired) electrons. The highest BCUT2D eigenvalue weighted by atomic mass is 35.5. The zero-order valence-electron chi connectivity index (χ0n) is 14.6. The molecular weight excluding hydrogens is 457 g/mol. The predicted molar refractivity (Wildman–Crippen MR) is 110 cm³/mol. The largest absolute Gasteiger partial charge is 0.426 e. The topological polar surface area (TPSA) is 102 Å². The number of allylic oxidation sites excluding steroid dienone is 1. The number of benzene rings is 1. The molecule has 29 heavy (non-hydrogen) atoms. The minimum absolute atomic E-state index is 0.0496. The number of amides is 1. The second-order valence-electron chi connectivity index (χ2n) is 6.04. The van der Waals surface area contributed by atoms with E-state index in [-0.39, 0.29) is 15.9 Å². The van der Waals surface area contributed by atoms with Gasteiger partial charge in [-0.05, 0) is 42.0 Å². The number of pyridine rings is 1. The van der Waals surface area contributed by atoms with Crippen molar-refractivity contribution in [3.8, 4) is 0 Å². The van der Waals surface area contributed by atoms with Crippen LogP contribution in [0.25, 0.3) is 5.57 Å². The van der Waals surface area contributed by atoms with Gasteiger partial charge < -0.3 is 9.73 Å². The molecule has 0 fully saturated rings. The summed E-state index contributed by atoms with van der Waals surface area (Å²) in [6.45, 7) is 1.72. The fourth-order valence-corrected chi connectivity index (χ4v) is 5.56. The van der Waals surface area contributed by atoms with Crippen molar-refractivity contribution in [3.63, 3.8) is 0 Å². The monoisotopic (exact) mass is 467 g/mol. The number of aromatic nitrogens is 2. The third-order valence-corrected chi connectivity index (χ3v) is 7.43. The Labute approximate surface area is 180 Å². The molecule has 0 saturated heterocycles. The highest BCUT2D eigenvalue weighted by molar-refractivity contribution is 7.99. The fraction of sp³-hybridized carbons (Fsp3) is 0.0556. The second kappa shape index (κ2) is 7.49. The lowest BCUT2D eigenvalue weighted by atomic mass is 10.1. The Morgan fingerprint density at radius 2 is 1.90 bits per heavy atom. The van der Waals surface area contributed by atoms with E-state index in [0.717, 1.165) is 11.8 Å². The Balaban J connectivity index is 1.52. The van der Waals surface area contributed by atoms with Crippen LogP contribution in [-0.2, 0) is 9.84 Å². The molecule has 11 heteroatoms. The van der Waals surface area contributed by atoms with E-state index >= 15 is 0 Å². The van der Waals surface area contributed by atoms with Gasteiger partial charge in [0.05, 0.1) is 26.0 Å². The van der Waals surface area contributed by atoms with Crippen molar-refractivity contribution >= 4 is 62.0 Å². The van der Waals surface area contributed by atoms with Gasteiger partial charge >= 0.3 is 0 Å². The molecule has 0 saturated carbocycles. The first kappa shape index (κ1) is 20.0. The molecular formula is C18H11Cl2N3O4S2. The van der Waals surface area contributed by atoms with E-state index in [0.29, 0.717) is 31.8 Å². The van der Waals surface area contributed by atoms with E-state index in [1.54, 1.807) is 19.1 Å². The molecule has 0 aliphatic carbocycles. The molecule has 1 amide bonds. The zero-order valence-corrected chi connectivity index (χ0v) is 17.8. The molecule has 0 atom stereocenters. The lowest BCUT2D eigenvalue weighted by Crippen LogP contribution is -2.11. The maximum absolute atomic E-state index is 12.5. The molecule has 1 N–H and O–H groups in total. The lowest BCUT2D eigenvalue weighted by molar-refractivity contribution is 0.0991. The average molecular weight is 468 g/mol. The number of nitrogens with one attached hydrogen (secondary N) is 1. The van der Waals surface area contributed by atoms with Crippen LogP contribution in [0.3, 0.4) is 0 Å². The quantitative estimate of drug-likeness (QED) is 0.579. The van der Waals surface area contributed by atoms with Crippen LogP contribution in [0.1, 0.15) is 23.0 Å². The average Bonchev–Trinajstić information content (AvgIpc) is 3.21. The standard InChI is InChI=1S/C18H11Cl2N3O4S2/c1-9-8-29(25,26)15-4-10(2-3-11(9)15)23-17(24)14-7-22-18(27-14)28-16-12(19)5-21-6-13(16)20/h2-8H,1H3,(H,23,24). The van der Waals surface area contributed by atoms with E-state index < -0.39 is 15.7 Å². The summed E-state index contributed by atoms with van der Waals surface area (Å²) in [4.78, 5) is 21.0. The number of hydrogen-bond acceptors (Lipinski definition) is 7. The lowest BCUT2D eigenvalue weighted by Gasteiger charge is -2.06. The van der Waals surface area contributed by atoms with E-state index in [4.69, 9.17) is 27.6 Å². The molecule has 1 aliphatic heterocycles. The molecule has 1 aromatic carbocycles. The Hall–Kier alpha value is -2.33. The highest BCUT2D eigenvalue weighted by Gasteiger charge is 2.25. The Morgan fingerprint density at radius 3 is 2.62 bits per heavy atom. The van der Waals surface area contributed by atoms with E-state index in [2.05, 4.69) is 15.3 Å². The van der Waals surface area contributed by atoms with Crippen molar-refractivity contribution in [2.24, 2.45) is 0 Å². The number of fused-ring (bicyclic) bond motifs is 1.